The SMILES string of the molecule is O=C(O)C(c1cccc(-c2cc3cc(-c4ccc(-c5ccccc5)c(O)c4)c(Cl)cc3[nH]c2=O)c1)C1CCCCC1. The molecule has 0 bridgehead atoms. The average Bonchev–Trinajstić information content (AvgIpc) is 2.97. The largest absolute Gasteiger partial charge is 0.507 e. The van der Waals surface area contributed by atoms with Gasteiger partial charge in [0.2, 0.25) is 0 Å². The molecule has 1 aromatic heterocycles. The number of hydrogen-bond donors (Lipinski definition) is 3. The lowest BCUT2D eigenvalue weighted by Crippen LogP contribution is -2.23. The Morgan fingerprint density at radius 3 is 2.22 bits per heavy atom. The summed E-state index contributed by atoms with van der Waals surface area (Å²) in [5, 5.41) is 22.1. The molecule has 6 rings (SSSR count). The minimum absolute atomic E-state index is 0.0979. The number of carbonyl (C=O) groups is 1. The topological polar surface area (TPSA) is 90.4 Å². The Balaban J connectivity index is 1.39. The zero-order valence-electron chi connectivity index (χ0n) is 22.4. The number of carboxylic acid groups (broad SMARTS) is 1. The first kappa shape index (κ1) is 26.9. The van der Waals surface area contributed by atoms with Gasteiger partial charge in [-0.05, 0) is 70.7 Å². The van der Waals surface area contributed by atoms with Crippen molar-refractivity contribution in [3.63, 3.8) is 0 Å². The van der Waals surface area contributed by atoms with Crippen molar-refractivity contribution in [1.29, 1.82) is 0 Å². The number of fused-ring (bicyclic) bond motifs is 1. The molecule has 4 aromatic carbocycles. The van der Waals surface area contributed by atoms with Gasteiger partial charge in [-0.1, -0.05) is 97.6 Å². The molecule has 1 fully saturated rings. The molecule has 0 radical (unpaired) electrons. The van der Waals surface area contributed by atoms with Crippen LogP contribution in [0, 0.1) is 5.92 Å². The molecule has 206 valence electrons. The third kappa shape index (κ3) is 5.38. The second-order valence-electron chi connectivity index (χ2n) is 10.9. The first-order valence-corrected chi connectivity index (χ1v) is 14.4. The number of nitrogens with one attached hydrogen (secondary N) is 1. The van der Waals surface area contributed by atoms with E-state index >= 15 is 0 Å². The molecule has 1 saturated carbocycles. The van der Waals surface area contributed by atoms with Crippen LogP contribution in [0.25, 0.3) is 44.3 Å². The van der Waals surface area contributed by atoms with E-state index in [9.17, 15) is 19.8 Å². The van der Waals surface area contributed by atoms with E-state index in [0.29, 0.717) is 21.7 Å². The molecule has 1 heterocycles. The van der Waals surface area contributed by atoms with Crippen LogP contribution in [0.3, 0.4) is 0 Å². The van der Waals surface area contributed by atoms with E-state index in [2.05, 4.69) is 4.98 Å². The smallest absolute Gasteiger partial charge is 0.311 e. The minimum Gasteiger partial charge on any atom is -0.507 e. The molecule has 1 aliphatic carbocycles. The summed E-state index contributed by atoms with van der Waals surface area (Å²) in [7, 11) is 0. The molecule has 0 spiro atoms. The normalized spacial score (nSPS) is 14.7. The van der Waals surface area contributed by atoms with Crippen LogP contribution in [0.2, 0.25) is 5.02 Å². The third-order valence-electron chi connectivity index (χ3n) is 8.27. The van der Waals surface area contributed by atoms with E-state index in [0.717, 1.165) is 65.3 Å². The predicted molar refractivity (Wildman–Crippen MR) is 165 cm³/mol. The number of rotatable bonds is 6. The number of aromatic nitrogens is 1. The molecule has 5 nitrogen and oxygen atoms in total. The number of aliphatic carboxylic acids is 1. The molecule has 0 aliphatic heterocycles. The van der Waals surface area contributed by atoms with E-state index < -0.39 is 11.9 Å². The highest BCUT2D eigenvalue weighted by molar-refractivity contribution is 6.34. The average molecular weight is 564 g/mol. The van der Waals surface area contributed by atoms with E-state index in [4.69, 9.17) is 11.6 Å². The van der Waals surface area contributed by atoms with Crippen molar-refractivity contribution in [1.82, 2.24) is 4.98 Å². The van der Waals surface area contributed by atoms with Crippen LogP contribution >= 0.6 is 11.6 Å². The molecule has 0 amide bonds. The Bertz CT molecular complexity index is 1810. The van der Waals surface area contributed by atoms with Gasteiger partial charge in [0.15, 0.2) is 0 Å². The van der Waals surface area contributed by atoms with Crippen molar-refractivity contribution in [3.05, 3.63) is 112 Å². The van der Waals surface area contributed by atoms with Crippen LogP contribution in [0.15, 0.2) is 95.8 Å². The van der Waals surface area contributed by atoms with Crippen LogP contribution in [0.4, 0.5) is 0 Å². The van der Waals surface area contributed by atoms with Gasteiger partial charge in [0.1, 0.15) is 5.75 Å². The van der Waals surface area contributed by atoms with Gasteiger partial charge in [0, 0.05) is 22.2 Å². The maximum absolute atomic E-state index is 13.2. The maximum atomic E-state index is 13.2. The van der Waals surface area contributed by atoms with Crippen molar-refractivity contribution in [3.8, 4) is 39.1 Å². The lowest BCUT2D eigenvalue weighted by molar-refractivity contribution is -0.140. The Labute approximate surface area is 243 Å². The molecular weight excluding hydrogens is 534 g/mol. The number of pyridine rings is 1. The van der Waals surface area contributed by atoms with E-state index in [1.165, 1.54) is 0 Å². The third-order valence-corrected chi connectivity index (χ3v) is 8.58. The van der Waals surface area contributed by atoms with Gasteiger partial charge in [0.25, 0.3) is 5.56 Å². The Morgan fingerprint density at radius 2 is 1.49 bits per heavy atom. The van der Waals surface area contributed by atoms with Crippen LogP contribution < -0.4 is 5.56 Å². The number of benzene rings is 4. The summed E-state index contributed by atoms with van der Waals surface area (Å²) >= 11 is 6.66. The molecule has 5 aromatic rings. The number of phenolic OH excluding ortho intramolecular Hbond substituents is 1. The van der Waals surface area contributed by atoms with E-state index in [-0.39, 0.29) is 17.2 Å². The van der Waals surface area contributed by atoms with Crippen molar-refractivity contribution in [2.75, 3.05) is 0 Å². The van der Waals surface area contributed by atoms with Gasteiger partial charge >= 0.3 is 5.97 Å². The summed E-state index contributed by atoms with van der Waals surface area (Å²) in [5.74, 6) is -1.16. The second-order valence-corrected chi connectivity index (χ2v) is 11.3. The standard InChI is InChI=1S/C35H30ClNO4/c36-30-20-31-26(17-28(30)24-14-15-27(32(38)19-24)21-8-3-1-4-9-21)18-29(34(39)37-31)23-12-7-13-25(16-23)33(35(40)41)22-10-5-2-6-11-22/h1,3-4,7-9,12-20,22,33,38H,2,5-6,10-11H2,(H,37,39)(H,40,41). The number of H-pyrrole nitrogens is 1. The number of aromatic hydroxyl groups is 1. The quantitative estimate of drug-likeness (QED) is 0.193. The van der Waals surface area contributed by atoms with E-state index in [1.54, 1.807) is 12.1 Å². The lowest BCUT2D eigenvalue weighted by atomic mass is 9.76. The Hall–Kier alpha value is -4.35. The fraction of sp³-hybridized carbons (Fsp3) is 0.200. The summed E-state index contributed by atoms with van der Waals surface area (Å²) < 4.78 is 0. The van der Waals surface area contributed by atoms with Gasteiger partial charge in [0.05, 0.1) is 10.9 Å². The van der Waals surface area contributed by atoms with Gasteiger partial charge in [-0.15, -0.1) is 0 Å². The van der Waals surface area contributed by atoms with E-state index in [1.807, 2.05) is 78.9 Å². The molecule has 6 heteroatoms. The molecule has 1 atom stereocenters. The van der Waals surface area contributed by atoms with Crippen molar-refractivity contribution in [2.24, 2.45) is 5.92 Å². The number of aromatic amines is 1. The van der Waals surface area contributed by atoms with Gasteiger partial charge in [-0.25, -0.2) is 0 Å². The molecule has 1 aliphatic rings. The van der Waals surface area contributed by atoms with Crippen molar-refractivity contribution < 1.29 is 15.0 Å². The summed E-state index contributed by atoms with van der Waals surface area (Å²) in [4.78, 5) is 28.5. The Kier molecular flexibility index (Phi) is 7.38. The second kappa shape index (κ2) is 11.3. The first-order valence-electron chi connectivity index (χ1n) is 14.0. The van der Waals surface area contributed by atoms with Crippen molar-refractivity contribution >= 4 is 28.5 Å². The highest BCUT2D eigenvalue weighted by atomic mass is 35.5. The van der Waals surface area contributed by atoms with Crippen molar-refractivity contribution in [2.45, 2.75) is 38.0 Å². The van der Waals surface area contributed by atoms with Crippen LogP contribution in [0.5, 0.6) is 5.75 Å². The minimum atomic E-state index is -0.817. The van der Waals surface area contributed by atoms with Gasteiger partial charge in [-0.3, -0.25) is 9.59 Å². The zero-order chi connectivity index (χ0) is 28.5. The van der Waals surface area contributed by atoms with Gasteiger partial charge < -0.3 is 15.2 Å². The number of phenols is 1. The molecule has 3 N–H and O–H groups in total. The monoisotopic (exact) mass is 563 g/mol. The summed E-state index contributed by atoms with van der Waals surface area (Å²) in [6.07, 6.45) is 5.07. The Morgan fingerprint density at radius 1 is 0.780 bits per heavy atom. The molecule has 1 unspecified atom stereocenters. The van der Waals surface area contributed by atoms with Gasteiger partial charge in [-0.2, -0.15) is 0 Å². The van der Waals surface area contributed by atoms with Crippen LogP contribution in [-0.2, 0) is 4.79 Å². The molecular formula is C35H30ClNO4. The number of hydrogen-bond acceptors (Lipinski definition) is 3. The lowest BCUT2D eigenvalue weighted by Gasteiger charge is -2.28. The predicted octanol–water partition coefficient (Wildman–Crippen LogP) is 8.64. The number of carboxylic acids is 1. The fourth-order valence-corrected chi connectivity index (χ4v) is 6.48. The fourth-order valence-electron chi connectivity index (χ4n) is 6.21. The first-order chi connectivity index (χ1) is 19.9. The summed E-state index contributed by atoms with van der Waals surface area (Å²) in [5.41, 5.74) is 5.31. The number of halogens is 1. The summed E-state index contributed by atoms with van der Waals surface area (Å²) in [6, 6.07) is 28.0. The molecule has 0 saturated heterocycles. The van der Waals surface area contributed by atoms with Crippen LogP contribution in [0.1, 0.15) is 43.6 Å². The zero-order valence-corrected chi connectivity index (χ0v) is 23.2. The summed E-state index contributed by atoms with van der Waals surface area (Å²) in [6.45, 7) is 0. The molecule has 41 heavy (non-hydrogen) atoms. The maximum Gasteiger partial charge on any atom is 0.311 e. The highest BCUT2D eigenvalue weighted by Crippen LogP contribution is 2.39. The highest BCUT2D eigenvalue weighted by Gasteiger charge is 2.31. The van der Waals surface area contributed by atoms with Crippen LogP contribution in [-0.4, -0.2) is 21.2 Å².